The van der Waals surface area contributed by atoms with Crippen LogP contribution in [0, 0.1) is 69.0 Å². The second-order valence-corrected chi connectivity index (χ2v) is 22.1. The highest BCUT2D eigenvalue weighted by atomic mass is 32.2. The molecule has 0 aliphatic heterocycles. The summed E-state index contributed by atoms with van der Waals surface area (Å²) in [6, 6.07) is 0. The van der Waals surface area contributed by atoms with Crippen molar-refractivity contribution < 1.29 is 9.59 Å². The fourth-order valence-corrected chi connectivity index (χ4v) is 15.6. The zero-order chi connectivity index (χ0) is 36.5. The summed E-state index contributed by atoms with van der Waals surface area (Å²) in [4.78, 5) is 28.2. The number of hydrogen-bond donors (Lipinski definition) is 0. The highest BCUT2D eigenvalue weighted by molar-refractivity contribution is 8.04. The minimum absolute atomic E-state index is 0.0313. The van der Waals surface area contributed by atoms with Gasteiger partial charge < -0.3 is 0 Å². The van der Waals surface area contributed by atoms with Crippen LogP contribution in [0.4, 0.5) is 0 Å². The van der Waals surface area contributed by atoms with Crippen molar-refractivity contribution in [2.24, 2.45) is 69.0 Å². The Bertz CT molecular complexity index is 1510. The third kappa shape index (κ3) is 6.50. The number of ketones is 2. The lowest BCUT2D eigenvalue weighted by Crippen LogP contribution is -2.50. The fourth-order valence-electron chi connectivity index (χ4n) is 14.4. The van der Waals surface area contributed by atoms with E-state index in [2.05, 4.69) is 74.5 Å². The standard InChI is InChI=1S/C48H72O2S/c1-30(2)12-10-13-31(3)38-18-19-39-37-17-16-35-27-36(21-24-46(35,7)40(37)22-25-47(38,39)8)51-43-28-41(49)34(26-42(43)50)29-48(9)33(5)20-23-45(6)32(4)14-11-15-44(45)48/h14,16,26,28,30-31,33,36-40,44H,10-13,15,17-25,27,29H2,1-9H3/t31-,33+,36+,37+,38-,39+,40+,44-,45-,46+,47-,48-/m1/s1. The first kappa shape index (κ1) is 37.9. The number of carbonyl (C=O) groups excluding carboxylic acids is 2. The lowest BCUT2D eigenvalue weighted by atomic mass is 9.46. The summed E-state index contributed by atoms with van der Waals surface area (Å²) in [7, 11) is 0. The number of rotatable bonds is 9. The lowest BCUT2D eigenvalue weighted by molar-refractivity contribution is -0.115. The molecule has 4 saturated carbocycles. The van der Waals surface area contributed by atoms with Gasteiger partial charge in [-0.25, -0.2) is 0 Å². The summed E-state index contributed by atoms with van der Waals surface area (Å²) in [5.74, 6) is 6.40. The molecule has 0 aromatic rings. The van der Waals surface area contributed by atoms with E-state index in [1.165, 1.54) is 82.6 Å². The van der Waals surface area contributed by atoms with Crippen molar-refractivity contribution >= 4 is 23.3 Å². The molecule has 51 heavy (non-hydrogen) atoms. The van der Waals surface area contributed by atoms with E-state index in [9.17, 15) is 9.59 Å². The molecule has 282 valence electrons. The van der Waals surface area contributed by atoms with E-state index < -0.39 is 0 Å². The Labute approximate surface area is 317 Å². The van der Waals surface area contributed by atoms with Gasteiger partial charge in [-0.2, -0.15) is 0 Å². The molecule has 7 rings (SSSR count). The monoisotopic (exact) mass is 713 g/mol. The highest BCUT2D eigenvalue weighted by Gasteiger charge is 2.59. The molecule has 0 bridgehead atoms. The highest BCUT2D eigenvalue weighted by Crippen LogP contribution is 2.68. The smallest absolute Gasteiger partial charge is 0.192 e. The van der Waals surface area contributed by atoms with Gasteiger partial charge in [0, 0.05) is 16.9 Å². The van der Waals surface area contributed by atoms with Crippen LogP contribution in [0.1, 0.15) is 165 Å². The Morgan fingerprint density at radius 1 is 0.824 bits per heavy atom. The Balaban J connectivity index is 0.994. The van der Waals surface area contributed by atoms with Crippen molar-refractivity contribution in [1.82, 2.24) is 0 Å². The maximum absolute atomic E-state index is 13.8. The van der Waals surface area contributed by atoms with Crippen molar-refractivity contribution in [2.75, 3.05) is 0 Å². The zero-order valence-electron chi connectivity index (χ0n) is 34.0. The average Bonchev–Trinajstić information content (AvgIpc) is 3.44. The molecule has 0 aromatic carbocycles. The van der Waals surface area contributed by atoms with Gasteiger partial charge in [-0.15, -0.1) is 11.8 Å². The van der Waals surface area contributed by atoms with Crippen LogP contribution in [0.3, 0.4) is 0 Å². The van der Waals surface area contributed by atoms with Gasteiger partial charge in [0.25, 0.3) is 0 Å². The molecule has 0 aromatic heterocycles. The van der Waals surface area contributed by atoms with Crippen molar-refractivity contribution in [2.45, 2.75) is 170 Å². The molecule has 2 nitrogen and oxygen atoms in total. The number of thioether (sulfide) groups is 1. The molecule has 0 amide bonds. The second kappa shape index (κ2) is 14.1. The van der Waals surface area contributed by atoms with Crippen LogP contribution in [0.25, 0.3) is 0 Å². The molecule has 7 aliphatic carbocycles. The molecular formula is C48H72O2S. The van der Waals surface area contributed by atoms with Crippen LogP contribution < -0.4 is 0 Å². The molecule has 4 fully saturated rings. The van der Waals surface area contributed by atoms with Crippen LogP contribution in [0.15, 0.2) is 45.9 Å². The largest absolute Gasteiger partial charge is 0.290 e. The first-order valence-electron chi connectivity index (χ1n) is 21.6. The third-order valence-electron chi connectivity index (χ3n) is 17.8. The molecule has 0 heterocycles. The van der Waals surface area contributed by atoms with E-state index in [1.54, 1.807) is 29.5 Å². The molecule has 0 radical (unpaired) electrons. The van der Waals surface area contributed by atoms with E-state index in [0.717, 1.165) is 66.8 Å². The SMILES string of the molecule is CC1=CCC[C@H]2[C@](C)(CC3=CC(=O)C(S[C@H]4CC[C@@]5(C)C(=CC[C@H]6[C@@H]7CC[C@H]([C@H](C)CCCC(C)C)[C@@]7(C)CC[C@@H]65)C4)=CC3=O)[C@@H](C)CC[C@]12C. The Hall–Kier alpha value is -1.35. The van der Waals surface area contributed by atoms with E-state index in [-0.39, 0.29) is 22.4 Å². The number of carbonyl (C=O) groups is 2. The molecule has 0 spiro atoms. The lowest BCUT2D eigenvalue weighted by Gasteiger charge is -2.58. The molecule has 0 N–H and O–H groups in total. The topological polar surface area (TPSA) is 34.1 Å². The minimum atomic E-state index is 0.0313. The average molecular weight is 713 g/mol. The van der Waals surface area contributed by atoms with Gasteiger partial charge in [0.15, 0.2) is 11.6 Å². The van der Waals surface area contributed by atoms with Gasteiger partial charge in [-0.05, 0) is 165 Å². The van der Waals surface area contributed by atoms with Gasteiger partial charge in [0.05, 0.1) is 4.91 Å². The van der Waals surface area contributed by atoms with Crippen molar-refractivity contribution in [1.29, 1.82) is 0 Å². The van der Waals surface area contributed by atoms with Gasteiger partial charge in [-0.1, -0.05) is 98.0 Å². The Morgan fingerprint density at radius 3 is 2.35 bits per heavy atom. The van der Waals surface area contributed by atoms with E-state index >= 15 is 0 Å². The van der Waals surface area contributed by atoms with Crippen molar-refractivity contribution in [3.8, 4) is 0 Å². The quantitative estimate of drug-likeness (QED) is 0.176. The number of fused-ring (bicyclic) bond motifs is 6. The summed E-state index contributed by atoms with van der Waals surface area (Å²) in [5, 5.41) is 0.392. The summed E-state index contributed by atoms with van der Waals surface area (Å²) < 4.78 is 0. The fraction of sp³-hybridized carbons (Fsp3) is 0.792. The maximum Gasteiger partial charge on any atom is 0.192 e. The molecule has 7 aliphatic rings. The van der Waals surface area contributed by atoms with Gasteiger partial charge in [0.1, 0.15) is 0 Å². The molecule has 0 unspecified atom stereocenters. The van der Waals surface area contributed by atoms with Crippen molar-refractivity contribution in [3.63, 3.8) is 0 Å². The van der Waals surface area contributed by atoms with E-state index in [4.69, 9.17) is 0 Å². The van der Waals surface area contributed by atoms with Gasteiger partial charge in [0.2, 0.25) is 0 Å². The predicted molar refractivity (Wildman–Crippen MR) is 216 cm³/mol. The molecular weight excluding hydrogens is 641 g/mol. The van der Waals surface area contributed by atoms with Gasteiger partial charge in [-0.3, -0.25) is 9.59 Å². The van der Waals surface area contributed by atoms with E-state index in [1.807, 2.05) is 0 Å². The van der Waals surface area contributed by atoms with Crippen LogP contribution in [-0.2, 0) is 9.59 Å². The van der Waals surface area contributed by atoms with Crippen LogP contribution in [-0.4, -0.2) is 16.8 Å². The Kier molecular flexibility index (Phi) is 10.5. The van der Waals surface area contributed by atoms with Crippen LogP contribution in [0.5, 0.6) is 0 Å². The third-order valence-corrected chi connectivity index (χ3v) is 19.2. The number of allylic oxidation sites excluding steroid dienone is 8. The van der Waals surface area contributed by atoms with Crippen LogP contribution in [0.2, 0.25) is 0 Å². The summed E-state index contributed by atoms with van der Waals surface area (Å²) in [6.07, 6.45) is 28.8. The normalized spacial score (nSPS) is 44.4. The Morgan fingerprint density at radius 2 is 1.59 bits per heavy atom. The molecule has 12 atom stereocenters. The zero-order valence-corrected chi connectivity index (χ0v) is 34.9. The minimum Gasteiger partial charge on any atom is -0.290 e. The first-order valence-corrected chi connectivity index (χ1v) is 22.5. The second-order valence-electron chi connectivity index (χ2n) is 20.7. The summed E-state index contributed by atoms with van der Waals surface area (Å²) >= 11 is 1.73. The number of hydrogen-bond acceptors (Lipinski definition) is 3. The van der Waals surface area contributed by atoms with Gasteiger partial charge >= 0.3 is 0 Å². The summed E-state index contributed by atoms with van der Waals surface area (Å²) in [5.41, 5.74) is 5.05. The predicted octanol–water partition coefficient (Wildman–Crippen LogP) is 13.3. The van der Waals surface area contributed by atoms with Crippen LogP contribution >= 0.6 is 11.8 Å². The first-order chi connectivity index (χ1) is 24.1. The van der Waals surface area contributed by atoms with E-state index in [0.29, 0.717) is 32.8 Å². The summed E-state index contributed by atoms with van der Waals surface area (Å²) in [6.45, 7) is 22.3. The van der Waals surface area contributed by atoms with Crippen molar-refractivity contribution in [3.05, 3.63) is 45.9 Å². The molecule has 0 saturated heterocycles. The molecule has 3 heteroatoms. The maximum atomic E-state index is 13.8.